The molecule has 0 spiro atoms. The summed E-state index contributed by atoms with van der Waals surface area (Å²) in [7, 11) is 1.50. The molecule has 140 valence electrons. The van der Waals surface area contributed by atoms with Crippen molar-refractivity contribution in [2.45, 2.75) is 6.04 Å². The van der Waals surface area contributed by atoms with Crippen LogP contribution < -0.4 is 0 Å². The summed E-state index contributed by atoms with van der Waals surface area (Å²) in [5.41, 5.74) is 0.941. The number of carbonyl (C=O) groups is 2. The van der Waals surface area contributed by atoms with E-state index in [1.807, 2.05) is 0 Å². The lowest BCUT2D eigenvalue weighted by molar-refractivity contribution is -0.140. The monoisotopic (exact) mass is 406 g/mol. The van der Waals surface area contributed by atoms with E-state index in [2.05, 4.69) is 4.98 Å². The molecule has 1 aromatic heterocycles. The number of aliphatic hydroxyl groups is 1. The molecule has 1 saturated heterocycles. The van der Waals surface area contributed by atoms with Gasteiger partial charge < -0.3 is 14.7 Å². The Morgan fingerprint density at radius 1 is 1.19 bits per heavy atom. The van der Waals surface area contributed by atoms with Crippen LogP contribution in [0, 0.1) is 0 Å². The zero-order valence-corrected chi connectivity index (χ0v) is 15.9. The van der Waals surface area contributed by atoms with Gasteiger partial charge in [0.1, 0.15) is 5.76 Å². The van der Waals surface area contributed by atoms with Gasteiger partial charge in [0.15, 0.2) is 0 Å². The van der Waals surface area contributed by atoms with Crippen molar-refractivity contribution in [3.8, 4) is 0 Å². The number of likely N-dealkylation sites (tertiary alicyclic amines) is 1. The number of carbonyl (C=O) groups excluding carboxylic acids is 2. The van der Waals surface area contributed by atoms with Gasteiger partial charge in [0, 0.05) is 31.6 Å². The molecule has 2 aromatic rings. The molecule has 8 heteroatoms. The molecule has 2 heterocycles. The maximum atomic E-state index is 12.7. The number of methoxy groups -OCH3 is 1. The lowest BCUT2D eigenvalue weighted by Crippen LogP contribution is -2.32. The van der Waals surface area contributed by atoms with Crippen LogP contribution in [-0.4, -0.2) is 46.9 Å². The Kier molecular flexibility index (Phi) is 5.79. The molecule has 1 N–H and O–H groups in total. The standard InChI is InChI=1S/C19H16Cl2N2O4/c1-27-9-8-23-16(12-2-3-13(20)14(21)10-12)15(18(25)19(23)26)17(24)11-4-6-22-7-5-11/h2-7,10,16,24H,8-9H2,1H3. The third kappa shape index (κ3) is 3.69. The molecule has 3 rings (SSSR count). The number of hydrogen-bond acceptors (Lipinski definition) is 5. The maximum absolute atomic E-state index is 12.7. The van der Waals surface area contributed by atoms with Crippen molar-refractivity contribution in [1.29, 1.82) is 0 Å². The number of rotatable bonds is 5. The van der Waals surface area contributed by atoms with Crippen molar-refractivity contribution in [2.24, 2.45) is 0 Å². The van der Waals surface area contributed by atoms with Crippen LogP contribution in [0.1, 0.15) is 17.2 Å². The van der Waals surface area contributed by atoms with Crippen molar-refractivity contribution in [3.63, 3.8) is 0 Å². The molecule has 27 heavy (non-hydrogen) atoms. The molecule has 1 aliphatic heterocycles. The van der Waals surface area contributed by atoms with E-state index in [0.29, 0.717) is 16.1 Å². The number of ether oxygens (including phenoxy) is 1. The topological polar surface area (TPSA) is 79.7 Å². The van der Waals surface area contributed by atoms with Gasteiger partial charge in [0.25, 0.3) is 11.7 Å². The lowest BCUT2D eigenvalue weighted by Gasteiger charge is -2.25. The average Bonchev–Trinajstić information content (AvgIpc) is 2.93. The summed E-state index contributed by atoms with van der Waals surface area (Å²) < 4.78 is 5.06. The highest BCUT2D eigenvalue weighted by Gasteiger charge is 2.45. The molecule has 0 radical (unpaired) electrons. The summed E-state index contributed by atoms with van der Waals surface area (Å²) in [4.78, 5) is 30.6. The van der Waals surface area contributed by atoms with Gasteiger partial charge >= 0.3 is 0 Å². The van der Waals surface area contributed by atoms with Crippen LogP contribution in [0.25, 0.3) is 5.76 Å². The molecule has 1 aliphatic rings. The molecule has 1 aromatic carbocycles. The average molecular weight is 407 g/mol. The second-order valence-corrected chi connectivity index (χ2v) is 6.71. The first-order chi connectivity index (χ1) is 13.0. The summed E-state index contributed by atoms with van der Waals surface area (Å²) >= 11 is 12.1. The van der Waals surface area contributed by atoms with Crippen molar-refractivity contribution in [1.82, 2.24) is 9.88 Å². The number of Topliss-reactive ketones (excluding diaryl/α,β-unsaturated/α-hetero) is 1. The van der Waals surface area contributed by atoms with Crippen molar-refractivity contribution in [2.75, 3.05) is 20.3 Å². The zero-order chi connectivity index (χ0) is 19.6. The van der Waals surface area contributed by atoms with Crippen LogP contribution in [0.4, 0.5) is 0 Å². The highest BCUT2D eigenvalue weighted by molar-refractivity contribution is 6.46. The second-order valence-electron chi connectivity index (χ2n) is 5.89. The third-order valence-electron chi connectivity index (χ3n) is 4.29. The van der Waals surface area contributed by atoms with Crippen LogP contribution in [0.5, 0.6) is 0 Å². The summed E-state index contributed by atoms with van der Waals surface area (Å²) in [6.45, 7) is 0.416. The highest BCUT2D eigenvalue weighted by atomic mass is 35.5. The number of halogens is 2. The minimum absolute atomic E-state index is 0.0132. The first-order valence-electron chi connectivity index (χ1n) is 8.08. The second kappa shape index (κ2) is 8.08. The van der Waals surface area contributed by atoms with Gasteiger partial charge in [0.2, 0.25) is 0 Å². The van der Waals surface area contributed by atoms with Gasteiger partial charge in [-0.15, -0.1) is 0 Å². The predicted octanol–water partition coefficient (Wildman–Crippen LogP) is 3.46. The Balaban J connectivity index is 2.18. The summed E-state index contributed by atoms with van der Waals surface area (Å²) in [6.07, 6.45) is 2.98. The molecule has 0 bridgehead atoms. The van der Waals surface area contributed by atoms with E-state index in [-0.39, 0.29) is 29.5 Å². The Morgan fingerprint density at radius 2 is 1.89 bits per heavy atom. The Hall–Kier alpha value is -2.41. The SMILES string of the molecule is COCCN1C(=O)C(=O)C(=C(O)c2ccncc2)C1c1ccc(Cl)c(Cl)c1. The van der Waals surface area contributed by atoms with Gasteiger partial charge in [-0.1, -0.05) is 29.3 Å². The van der Waals surface area contributed by atoms with E-state index in [4.69, 9.17) is 27.9 Å². The first-order valence-corrected chi connectivity index (χ1v) is 8.84. The fourth-order valence-electron chi connectivity index (χ4n) is 2.99. The minimum Gasteiger partial charge on any atom is -0.507 e. The Bertz CT molecular complexity index is 915. The van der Waals surface area contributed by atoms with Crippen LogP contribution in [0.15, 0.2) is 48.3 Å². The number of nitrogens with zero attached hydrogens (tertiary/aromatic N) is 2. The number of pyridine rings is 1. The summed E-state index contributed by atoms with van der Waals surface area (Å²) in [5.74, 6) is -1.75. The Labute approximate surface area is 166 Å². The van der Waals surface area contributed by atoms with E-state index >= 15 is 0 Å². The molecular formula is C19H16Cl2N2O4. The molecule has 6 nitrogen and oxygen atoms in total. The van der Waals surface area contributed by atoms with Gasteiger partial charge in [0.05, 0.1) is 28.3 Å². The largest absolute Gasteiger partial charge is 0.507 e. The van der Waals surface area contributed by atoms with E-state index in [1.165, 1.54) is 24.4 Å². The number of ketones is 1. The smallest absolute Gasteiger partial charge is 0.295 e. The number of hydrogen-bond donors (Lipinski definition) is 1. The number of aromatic nitrogens is 1. The fraction of sp³-hybridized carbons (Fsp3) is 0.211. The Morgan fingerprint density at radius 3 is 2.52 bits per heavy atom. The van der Waals surface area contributed by atoms with Crippen LogP contribution in [-0.2, 0) is 14.3 Å². The van der Waals surface area contributed by atoms with Crippen molar-refractivity contribution in [3.05, 3.63) is 69.5 Å². The lowest BCUT2D eigenvalue weighted by atomic mass is 9.95. The molecule has 1 unspecified atom stereocenters. The normalized spacial score (nSPS) is 18.9. The molecule has 0 aliphatic carbocycles. The first kappa shape index (κ1) is 19.4. The predicted molar refractivity (Wildman–Crippen MR) is 102 cm³/mol. The summed E-state index contributed by atoms with van der Waals surface area (Å²) in [5, 5.41) is 11.4. The van der Waals surface area contributed by atoms with Crippen LogP contribution >= 0.6 is 23.2 Å². The van der Waals surface area contributed by atoms with Crippen molar-refractivity contribution < 1.29 is 19.4 Å². The van der Waals surface area contributed by atoms with E-state index in [0.717, 1.165) is 0 Å². The quantitative estimate of drug-likeness (QED) is 0.467. The number of amides is 1. The van der Waals surface area contributed by atoms with Gasteiger partial charge in [-0.25, -0.2) is 0 Å². The summed E-state index contributed by atoms with van der Waals surface area (Å²) in [6, 6.07) is 7.16. The van der Waals surface area contributed by atoms with Gasteiger partial charge in [-0.05, 0) is 29.8 Å². The highest BCUT2D eigenvalue weighted by Crippen LogP contribution is 2.40. The van der Waals surface area contributed by atoms with E-state index in [9.17, 15) is 14.7 Å². The molecule has 0 saturated carbocycles. The molecule has 1 amide bonds. The fourth-order valence-corrected chi connectivity index (χ4v) is 3.30. The van der Waals surface area contributed by atoms with Gasteiger partial charge in [-0.3, -0.25) is 14.6 Å². The van der Waals surface area contributed by atoms with E-state index in [1.54, 1.807) is 30.3 Å². The number of aliphatic hydroxyl groups excluding tert-OH is 1. The molecule has 1 atom stereocenters. The van der Waals surface area contributed by atoms with Gasteiger partial charge in [-0.2, -0.15) is 0 Å². The van der Waals surface area contributed by atoms with Crippen LogP contribution in [0.3, 0.4) is 0 Å². The third-order valence-corrected chi connectivity index (χ3v) is 5.03. The number of benzene rings is 1. The van der Waals surface area contributed by atoms with E-state index < -0.39 is 17.7 Å². The zero-order valence-electron chi connectivity index (χ0n) is 14.4. The maximum Gasteiger partial charge on any atom is 0.295 e. The molecular weight excluding hydrogens is 391 g/mol. The minimum atomic E-state index is -0.803. The van der Waals surface area contributed by atoms with Crippen molar-refractivity contribution >= 4 is 40.7 Å². The molecule has 1 fully saturated rings. The van der Waals surface area contributed by atoms with Crippen LogP contribution in [0.2, 0.25) is 10.0 Å².